The molecule has 0 N–H and O–H groups in total. The lowest BCUT2D eigenvalue weighted by Crippen LogP contribution is -1.94. The Morgan fingerprint density at radius 2 is 0.830 bits per heavy atom. The van der Waals surface area contributed by atoms with Crippen LogP contribution < -0.4 is 0 Å². The van der Waals surface area contributed by atoms with E-state index in [0.29, 0.717) is 0 Å². The number of nitrogens with zero attached hydrogens (tertiary/aromatic N) is 3. The molecule has 0 saturated heterocycles. The molecule has 0 unspecified atom stereocenters. The lowest BCUT2D eigenvalue weighted by Gasteiger charge is -2.10. The third kappa shape index (κ3) is 3.93. The van der Waals surface area contributed by atoms with Crippen LogP contribution in [-0.2, 0) is 0 Å². The fraction of sp³-hybridized carbons (Fsp3) is 0. The van der Waals surface area contributed by atoms with Crippen LogP contribution in [0.25, 0.3) is 82.7 Å². The molecule has 3 nitrogen and oxygen atoms in total. The Morgan fingerprint density at radius 3 is 1.55 bits per heavy atom. The molecule has 3 heteroatoms. The minimum atomic E-state index is 1.16. The van der Waals surface area contributed by atoms with Gasteiger partial charge in [-0.3, -0.25) is 0 Å². The fourth-order valence-electron chi connectivity index (χ4n) is 7.52. The number of hydrogen-bond donors (Lipinski definition) is 0. The summed E-state index contributed by atoms with van der Waals surface area (Å²) in [5, 5.41) is 6.27. The van der Waals surface area contributed by atoms with Gasteiger partial charge in [-0.15, -0.1) is 0 Å². The summed E-state index contributed by atoms with van der Waals surface area (Å²) in [6, 6.07) is 61.5. The van der Waals surface area contributed by atoms with E-state index >= 15 is 0 Å². The first kappa shape index (κ1) is 26.0. The van der Waals surface area contributed by atoms with Crippen LogP contribution >= 0.6 is 0 Å². The zero-order valence-electron chi connectivity index (χ0n) is 25.6. The van der Waals surface area contributed by atoms with Crippen LogP contribution in [0.5, 0.6) is 0 Å². The van der Waals surface area contributed by atoms with E-state index in [9.17, 15) is 0 Å². The normalized spacial score (nSPS) is 11.8. The maximum atomic E-state index is 2.38. The van der Waals surface area contributed by atoms with E-state index < -0.39 is 0 Å². The molecule has 0 radical (unpaired) electrons. The van der Waals surface area contributed by atoms with E-state index in [1.54, 1.807) is 0 Å². The average Bonchev–Trinajstić information content (AvgIpc) is 3.81. The molecule has 0 saturated carbocycles. The van der Waals surface area contributed by atoms with Gasteiger partial charge in [-0.05, 0) is 90.0 Å². The van der Waals surface area contributed by atoms with Crippen LogP contribution in [0, 0.1) is 0 Å². The summed E-state index contributed by atoms with van der Waals surface area (Å²) in [5.41, 5.74) is 12.0. The third-order valence-electron chi connectivity index (χ3n) is 9.66. The van der Waals surface area contributed by atoms with Gasteiger partial charge in [-0.2, -0.15) is 0 Å². The summed E-state index contributed by atoms with van der Waals surface area (Å²) in [7, 11) is 0. The van der Waals surface area contributed by atoms with Crippen molar-refractivity contribution in [3.63, 3.8) is 0 Å². The molecule has 10 rings (SSSR count). The number of benzene rings is 7. The van der Waals surface area contributed by atoms with Crippen molar-refractivity contribution in [2.45, 2.75) is 0 Å². The highest BCUT2D eigenvalue weighted by Gasteiger charge is 2.15. The fourth-order valence-corrected chi connectivity index (χ4v) is 7.52. The topological polar surface area (TPSA) is 14.8 Å². The Morgan fingerprint density at radius 1 is 0.298 bits per heavy atom. The number of aromatic nitrogens is 3. The van der Waals surface area contributed by atoms with Gasteiger partial charge >= 0.3 is 0 Å². The summed E-state index contributed by atoms with van der Waals surface area (Å²) in [6.45, 7) is 0. The maximum Gasteiger partial charge on any atom is 0.0547 e. The Hall–Kier alpha value is -6.32. The third-order valence-corrected chi connectivity index (χ3v) is 9.66. The number of para-hydroxylation sites is 4. The van der Waals surface area contributed by atoms with Crippen LogP contribution in [0.3, 0.4) is 0 Å². The van der Waals surface area contributed by atoms with E-state index in [2.05, 4.69) is 190 Å². The van der Waals surface area contributed by atoms with Crippen LogP contribution in [0.15, 0.2) is 176 Å². The molecule has 47 heavy (non-hydrogen) atoms. The Balaban J connectivity index is 1.09. The molecule has 0 aliphatic carbocycles. The van der Waals surface area contributed by atoms with Gasteiger partial charge in [0.25, 0.3) is 0 Å². The van der Waals surface area contributed by atoms with Gasteiger partial charge in [0.15, 0.2) is 0 Å². The van der Waals surface area contributed by atoms with Crippen molar-refractivity contribution in [1.82, 2.24) is 13.7 Å². The van der Waals surface area contributed by atoms with Crippen molar-refractivity contribution in [2.24, 2.45) is 0 Å². The smallest absolute Gasteiger partial charge is 0.0547 e. The molecular formula is C44H29N3. The summed E-state index contributed by atoms with van der Waals surface area (Å²) in [4.78, 5) is 0. The SMILES string of the molecule is c1ccc(-n2c3ccccc3c3cc(-n4ccc5cc(-c6ccc7c8ccccc8n(-c8ccccc8)c7c6)ccc54)ccc32)cc1. The van der Waals surface area contributed by atoms with Gasteiger partial charge < -0.3 is 13.7 Å². The Bertz CT molecular complexity index is 2780. The Labute approximate surface area is 271 Å². The number of hydrogen-bond acceptors (Lipinski definition) is 0. The molecule has 0 amide bonds. The molecular weight excluding hydrogens is 571 g/mol. The quantitative estimate of drug-likeness (QED) is 0.191. The lowest BCUT2D eigenvalue weighted by molar-refractivity contribution is 1.13. The van der Waals surface area contributed by atoms with E-state index in [-0.39, 0.29) is 0 Å². The van der Waals surface area contributed by atoms with Crippen molar-refractivity contribution in [3.05, 3.63) is 176 Å². The molecule has 0 aliphatic rings. The summed E-state index contributed by atoms with van der Waals surface area (Å²) >= 11 is 0. The van der Waals surface area contributed by atoms with Gasteiger partial charge in [-0.25, -0.2) is 0 Å². The van der Waals surface area contributed by atoms with E-state index in [0.717, 1.165) is 5.69 Å². The summed E-state index contributed by atoms with van der Waals surface area (Å²) < 4.78 is 7.06. The molecule has 0 spiro atoms. The largest absolute Gasteiger partial charge is 0.317 e. The van der Waals surface area contributed by atoms with Gasteiger partial charge in [0.1, 0.15) is 0 Å². The first-order chi connectivity index (χ1) is 23.3. The molecule has 10 aromatic rings. The number of fused-ring (bicyclic) bond motifs is 7. The molecule has 220 valence electrons. The predicted molar refractivity (Wildman–Crippen MR) is 197 cm³/mol. The van der Waals surface area contributed by atoms with Crippen molar-refractivity contribution in [1.29, 1.82) is 0 Å². The summed E-state index contributed by atoms with van der Waals surface area (Å²) in [5.74, 6) is 0. The van der Waals surface area contributed by atoms with Crippen molar-refractivity contribution >= 4 is 54.5 Å². The highest BCUT2D eigenvalue weighted by molar-refractivity contribution is 6.11. The first-order valence-electron chi connectivity index (χ1n) is 16.1. The van der Waals surface area contributed by atoms with Crippen LogP contribution in [0.1, 0.15) is 0 Å². The average molecular weight is 600 g/mol. The summed E-state index contributed by atoms with van der Waals surface area (Å²) in [6.07, 6.45) is 2.20. The molecule has 0 bridgehead atoms. The molecule has 0 aliphatic heterocycles. The highest BCUT2D eigenvalue weighted by atomic mass is 15.0. The van der Waals surface area contributed by atoms with Crippen LogP contribution in [0.2, 0.25) is 0 Å². The van der Waals surface area contributed by atoms with Crippen LogP contribution in [0.4, 0.5) is 0 Å². The molecule has 0 fully saturated rings. The first-order valence-corrected chi connectivity index (χ1v) is 16.1. The molecule has 7 aromatic carbocycles. The second-order valence-corrected chi connectivity index (χ2v) is 12.3. The predicted octanol–water partition coefficient (Wildman–Crippen LogP) is 11.5. The number of rotatable bonds is 4. The van der Waals surface area contributed by atoms with E-state index in [1.165, 1.54) is 77.0 Å². The van der Waals surface area contributed by atoms with Crippen molar-refractivity contribution in [3.8, 4) is 28.2 Å². The molecule has 3 aromatic heterocycles. The molecule has 3 heterocycles. The highest BCUT2D eigenvalue weighted by Crippen LogP contribution is 2.37. The Kier molecular flexibility index (Phi) is 5.57. The van der Waals surface area contributed by atoms with Crippen LogP contribution in [-0.4, -0.2) is 13.7 Å². The minimum Gasteiger partial charge on any atom is -0.317 e. The van der Waals surface area contributed by atoms with Crippen molar-refractivity contribution < 1.29 is 0 Å². The zero-order valence-corrected chi connectivity index (χ0v) is 25.6. The maximum absolute atomic E-state index is 2.38. The van der Waals surface area contributed by atoms with Gasteiger partial charge in [0.05, 0.1) is 27.6 Å². The monoisotopic (exact) mass is 599 g/mol. The zero-order chi connectivity index (χ0) is 30.9. The second-order valence-electron chi connectivity index (χ2n) is 12.3. The van der Waals surface area contributed by atoms with Gasteiger partial charge in [-0.1, -0.05) is 91.0 Å². The minimum absolute atomic E-state index is 1.16. The van der Waals surface area contributed by atoms with Gasteiger partial charge in [0.2, 0.25) is 0 Å². The van der Waals surface area contributed by atoms with Crippen molar-refractivity contribution in [2.75, 3.05) is 0 Å². The van der Waals surface area contributed by atoms with E-state index in [4.69, 9.17) is 0 Å². The lowest BCUT2D eigenvalue weighted by atomic mass is 10.0. The van der Waals surface area contributed by atoms with E-state index in [1.807, 2.05) is 0 Å². The second kappa shape index (κ2) is 10.1. The standard InChI is InChI=1S/C44H29N3/c1-3-11-33(12-4-1)46-42-18-10-8-16-37(42)39-29-35(21-24-43(39)46)45-26-25-32-27-30(20-23-40(32)45)31-19-22-38-36-15-7-9-17-41(36)47(44(38)28-31)34-13-5-2-6-14-34/h1-29H. The molecule has 0 atom stereocenters. The van der Waals surface area contributed by atoms with Gasteiger partial charge in [0, 0.05) is 50.2 Å².